The molecule has 0 saturated heterocycles. The van der Waals surface area contributed by atoms with Crippen molar-refractivity contribution in [2.75, 3.05) is 5.73 Å². The predicted molar refractivity (Wildman–Crippen MR) is 84.6 cm³/mol. The Morgan fingerprint density at radius 3 is 2.50 bits per heavy atom. The molecule has 0 radical (unpaired) electrons. The molecule has 3 nitrogen and oxygen atoms in total. The Kier molecular flexibility index (Phi) is 3.50. The first kappa shape index (κ1) is 13.6. The van der Waals surface area contributed by atoms with Crippen LogP contribution in [0.3, 0.4) is 0 Å². The average Bonchev–Trinajstić information content (AvgIpc) is 3.26. The summed E-state index contributed by atoms with van der Waals surface area (Å²) in [7, 11) is 0. The predicted octanol–water partition coefficient (Wildman–Crippen LogP) is 3.85. The van der Waals surface area contributed by atoms with Crippen molar-refractivity contribution in [3.63, 3.8) is 0 Å². The van der Waals surface area contributed by atoms with E-state index in [4.69, 9.17) is 10.7 Å². The van der Waals surface area contributed by atoms with Gasteiger partial charge < -0.3 is 5.73 Å². The van der Waals surface area contributed by atoms with Gasteiger partial charge in [0.25, 0.3) is 0 Å². The Balaban J connectivity index is 2.07. The highest BCUT2D eigenvalue weighted by atomic mass is 79.9. The Morgan fingerprint density at radius 1 is 1.20 bits per heavy atom. The van der Waals surface area contributed by atoms with Crippen molar-refractivity contribution in [2.45, 2.75) is 38.0 Å². The van der Waals surface area contributed by atoms with E-state index in [0.29, 0.717) is 5.82 Å². The van der Waals surface area contributed by atoms with Crippen molar-refractivity contribution in [3.05, 3.63) is 51.9 Å². The molecule has 3 rings (SSSR count). The number of aryl methyl sites for hydroxylation is 1. The molecular formula is C16H18BrN3. The van der Waals surface area contributed by atoms with E-state index < -0.39 is 0 Å². The third-order valence-electron chi connectivity index (χ3n) is 3.94. The summed E-state index contributed by atoms with van der Waals surface area (Å²) >= 11 is 3.51. The van der Waals surface area contributed by atoms with Gasteiger partial charge in [0.1, 0.15) is 11.6 Å². The van der Waals surface area contributed by atoms with E-state index in [0.717, 1.165) is 41.7 Å². The minimum atomic E-state index is -0.0153. The van der Waals surface area contributed by atoms with Crippen LogP contribution in [0, 0.1) is 0 Å². The van der Waals surface area contributed by atoms with Crippen molar-refractivity contribution in [1.82, 2.24) is 9.97 Å². The zero-order chi connectivity index (χ0) is 14.2. The van der Waals surface area contributed by atoms with Crippen LogP contribution in [0.15, 0.2) is 34.8 Å². The van der Waals surface area contributed by atoms with E-state index in [1.165, 1.54) is 5.56 Å². The van der Waals surface area contributed by atoms with Gasteiger partial charge in [0.2, 0.25) is 0 Å². The van der Waals surface area contributed by atoms with Crippen LogP contribution in [-0.4, -0.2) is 9.97 Å². The van der Waals surface area contributed by atoms with E-state index >= 15 is 0 Å². The van der Waals surface area contributed by atoms with E-state index in [2.05, 4.69) is 52.1 Å². The molecule has 1 heterocycles. The van der Waals surface area contributed by atoms with Gasteiger partial charge in [-0.3, -0.25) is 0 Å². The molecule has 104 valence electrons. The van der Waals surface area contributed by atoms with Crippen LogP contribution in [0.2, 0.25) is 0 Å². The number of nitrogen functional groups attached to an aromatic ring is 1. The Morgan fingerprint density at radius 2 is 1.90 bits per heavy atom. The summed E-state index contributed by atoms with van der Waals surface area (Å²) in [6.45, 7) is 2.15. The molecule has 1 fully saturated rings. The second-order valence-corrected chi connectivity index (χ2v) is 6.18. The van der Waals surface area contributed by atoms with Gasteiger partial charge in [0.05, 0.1) is 15.6 Å². The quantitative estimate of drug-likeness (QED) is 0.925. The Hall–Kier alpha value is -1.42. The molecule has 2 N–H and O–H groups in total. The highest BCUT2D eigenvalue weighted by Crippen LogP contribution is 2.52. The van der Waals surface area contributed by atoms with Crippen molar-refractivity contribution in [2.24, 2.45) is 0 Å². The van der Waals surface area contributed by atoms with Gasteiger partial charge in [-0.1, -0.05) is 43.7 Å². The van der Waals surface area contributed by atoms with Crippen LogP contribution in [0.25, 0.3) is 0 Å². The number of nitrogens with zero attached hydrogens (tertiary/aromatic N) is 2. The number of nitrogens with two attached hydrogens (primary N) is 1. The van der Waals surface area contributed by atoms with Gasteiger partial charge in [-0.2, -0.15) is 0 Å². The second-order valence-electron chi connectivity index (χ2n) is 5.39. The van der Waals surface area contributed by atoms with E-state index in [9.17, 15) is 0 Å². The van der Waals surface area contributed by atoms with Crippen LogP contribution >= 0.6 is 15.9 Å². The lowest BCUT2D eigenvalue weighted by Gasteiger charge is -2.17. The van der Waals surface area contributed by atoms with Gasteiger partial charge in [-0.05, 0) is 40.8 Å². The number of anilines is 1. The maximum atomic E-state index is 6.06. The Bertz CT molecular complexity index is 621. The molecule has 0 atom stereocenters. The molecular weight excluding hydrogens is 314 g/mol. The van der Waals surface area contributed by atoms with Gasteiger partial charge in [0.15, 0.2) is 0 Å². The van der Waals surface area contributed by atoms with Crippen LogP contribution in [0.1, 0.15) is 43.3 Å². The Labute approximate surface area is 127 Å². The molecule has 0 amide bonds. The second kappa shape index (κ2) is 5.17. The van der Waals surface area contributed by atoms with Gasteiger partial charge in [-0.15, -0.1) is 0 Å². The minimum absolute atomic E-state index is 0.0153. The van der Waals surface area contributed by atoms with Crippen molar-refractivity contribution >= 4 is 21.7 Å². The number of hydrogen-bond donors (Lipinski definition) is 1. The summed E-state index contributed by atoms with van der Waals surface area (Å²) in [5.41, 5.74) is 8.36. The van der Waals surface area contributed by atoms with E-state index in [1.54, 1.807) is 0 Å². The fraction of sp³-hybridized carbons (Fsp3) is 0.375. The molecule has 0 bridgehead atoms. The van der Waals surface area contributed by atoms with Crippen molar-refractivity contribution in [3.8, 4) is 0 Å². The normalized spacial score (nSPS) is 16.1. The lowest BCUT2D eigenvalue weighted by atomic mass is 9.95. The van der Waals surface area contributed by atoms with E-state index in [-0.39, 0.29) is 5.41 Å². The first-order chi connectivity index (χ1) is 9.67. The van der Waals surface area contributed by atoms with Gasteiger partial charge in [0, 0.05) is 0 Å². The zero-order valence-electron chi connectivity index (χ0n) is 11.6. The SMILES string of the molecule is CCCc1nc(C2(c3ccccc3)CC2)nc(N)c1Br. The lowest BCUT2D eigenvalue weighted by Crippen LogP contribution is -2.16. The largest absolute Gasteiger partial charge is 0.383 e. The molecule has 1 aliphatic carbocycles. The summed E-state index contributed by atoms with van der Waals surface area (Å²) < 4.78 is 0.854. The summed E-state index contributed by atoms with van der Waals surface area (Å²) in [6, 6.07) is 10.5. The lowest BCUT2D eigenvalue weighted by molar-refractivity contribution is 0.731. The molecule has 0 unspecified atom stereocenters. The topological polar surface area (TPSA) is 51.8 Å². The first-order valence-corrected chi connectivity index (χ1v) is 7.84. The maximum absolute atomic E-state index is 6.06. The summed E-state index contributed by atoms with van der Waals surface area (Å²) in [4.78, 5) is 9.34. The monoisotopic (exact) mass is 331 g/mol. The third-order valence-corrected chi connectivity index (χ3v) is 4.80. The molecule has 0 spiro atoms. The van der Waals surface area contributed by atoms with Gasteiger partial charge in [-0.25, -0.2) is 9.97 Å². The molecule has 0 aliphatic heterocycles. The first-order valence-electron chi connectivity index (χ1n) is 7.05. The average molecular weight is 332 g/mol. The molecule has 20 heavy (non-hydrogen) atoms. The van der Waals surface area contributed by atoms with E-state index in [1.807, 2.05) is 6.07 Å². The number of hydrogen-bond acceptors (Lipinski definition) is 3. The molecule has 1 aromatic heterocycles. The van der Waals surface area contributed by atoms with Crippen LogP contribution in [-0.2, 0) is 11.8 Å². The smallest absolute Gasteiger partial charge is 0.141 e. The summed E-state index contributed by atoms with van der Waals surface area (Å²) in [6.07, 6.45) is 4.17. The summed E-state index contributed by atoms with van der Waals surface area (Å²) in [5.74, 6) is 1.44. The van der Waals surface area contributed by atoms with Crippen molar-refractivity contribution < 1.29 is 0 Å². The molecule has 2 aromatic rings. The summed E-state index contributed by atoms with van der Waals surface area (Å²) in [5, 5.41) is 0. The standard InChI is InChI=1S/C16H18BrN3/c1-2-6-12-13(17)14(18)20-15(19-12)16(9-10-16)11-7-4-3-5-8-11/h3-5,7-8H,2,6,9-10H2,1H3,(H2,18,19,20). The highest BCUT2D eigenvalue weighted by molar-refractivity contribution is 9.10. The van der Waals surface area contributed by atoms with Crippen LogP contribution in [0.5, 0.6) is 0 Å². The van der Waals surface area contributed by atoms with Crippen molar-refractivity contribution in [1.29, 1.82) is 0 Å². The number of rotatable bonds is 4. The van der Waals surface area contributed by atoms with Crippen LogP contribution in [0.4, 0.5) is 5.82 Å². The molecule has 1 aromatic carbocycles. The fourth-order valence-electron chi connectivity index (χ4n) is 2.65. The highest BCUT2D eigenvalue weighted by Gasteiger charge is 2.48. The number of aromatic nitrogens is 2. The number of halogens is 1. The van der Waals surface area contributed by atoms with Gasteiger partial charge >= 0.3 is 0 Å². The third kappa shape index (κ3) is 2.22. The van der Waals surface area contributed by atoms with Crippen LogP contribution < -0.4 is 5.73 Å². The molecule has 1 aliphatic rings. The minimum Gasteiger partial charge on any atom is -0.383 e. The fourth-order valence-corrected chi connectivity index (χ4v) is 3.03. The molecule has 1 saturated carbocycles. The number of benzene rings is 1. The zero-order valence-corrected chi connectivity index (χ0v) is 13.2. The maximum Gasteiger partial charge on any atom is 0.141 e. The molecule has 4 heteroatoms.